The summed E-state index contributed by atoms with van der Waals surface area (Å²) < 4.78 is 40.2. The Morgan fingerprint density at radius 2 is 2.15 bits per heavy atom. The minimum atomic E-state index is -3.78. The predicted octanol–water partition coefficient (Wildman–Crippen LogP) is 1.48. The molecule has 0 atom stereocenters. The van der Waals surface area contributed by atoms with Crippen LogP contribution in [0.3, 0.4) is 0 Å². The maximum Gasteiger partial charge on any atom is 0.241 e. The quantitative estimate of drug-likeness (QED) is 0.847. The maximum atomic E-state index is 13.3. The van der Waals surface area contributed by atoms with Gasteiger partial charge in [-0.25, -0.2) is 22.5 Å². The highest BCUT2D eigenvalue weighted by Crippen LogP contribution is 2.18. The first-order valence-electron chi connectivity index (χ1n) is 5.84. The van der Waals surface area contributed by atoms with E-state index in [1.807, 2.05) is 0 Å². The molecule has 2 rings (SSSR count). The van der Waals surface area contributed by atoms with Crippen LogP contribution in [-0.4, -0.2) is 20.4 Å². The van der Waals surface area contributed by atoms with Crippen LogP contribution in [0.4, 0.5) is 4.39 Å². The third-order valence-electron chi connectivity index (χ3n) is 2.58. The van der Waals surface area contributed by atoms with Crippen LogP contribution in [0.1, 0.15) is 10.6 Å². The van der Waals surface area contributed by atoms with Gasteiger partial charge < -0.3 is 5.32 Å². The zero-order valence-corrected chi connectivity index (χ0v) is 12.4. The van der Waals surface area contributed by atoms with Crippen molar-refractivity contribution in [1.29, 1.82) is 0 Å². The molecule has 0 aliphatic heterocycles. The molecular weight excluding hydrogens is 301 g/mol. The van der Waals surface area contributed by atoms with Gasteiger partial charge in [0.1, 0.15) is 10.8 Å². The van der Waals surface area contributed by atoms with E-state index in [2.05, 4.69) is 15.0 Å². The van der Waals surface area contributed by atoms with Crippen LogP contribution < -0.4 is 10.0 Å². The number of nitrogens with one attached hydrogen (secondary N) is 2. The highest BCUT2D eigenvalue weighted by Gasteiger charge is 2.19. The van der Waals surface area contributed by atoms with Crippen LogP contribution in [0.25, 0.3) is 0 Å². The lowest BCUT2D eigenvalue weighted by molar-refractivity contribution is 0.574. The summed E-state index contributed by atoms with van der Waals surface area (Å²) in [5.74, 6) is -0.584. The zero-order chi connectivity index (χ0) is 14.6. The Bertz CT molecular complexity index is 672. The van der Waals surface area contributed by atoms with Gasteiger partial charge in [0, 0.05) is 18.1 Å². The van der Waals surface area contributed by atoms with Crippen molar-refractivity contribution in [2.75, 3.05) is 7.05 Å². The van der Waals surface area contributed by atoms with Crippen molar-refractivity contribution in [2.45, 2.75) is 18.0 Å². The molecule has 20 heavy (non-hydrogen) atoms. The van der Waals surface area contributed by atoms with Gasteiger partial charge in [-0.1, -0.05) is 6.07 Å². The molecule has 1 aromatic heterocycles. The van der Waals surface area contributed by atoms with Gasteiger partial charge in [0.05, 0.1) is 11.4 Å². The lowest BCUT2D eigenvalue weighted by Gasteiger charge is -2.11. The molecule has 5 nitrogen and oxygen atoms in total. The average molecular weight is 315 g/mol. The lowest BCUT2D eigenvalue weighted by Crippen LogP contribution is -2.25. The largest absolute Gasteiger partial charge is 0.316 e. The van der Waals surface area contributed by atoms with Gasteiger partial charge in [-0.2, -0.15) is 0 Å². The van der Waals surface area contributed by atoms with Crippen molar-refractivity contribution in [1.82, 2.24) is 15.0 Å². The molecule has 1 heterocycles. The van der Waals surface area contributed by atoms with E-state index in [0.717, 1.165) is 6.07 Å². The number of sulfonamides is 1. The van der Waals surface area contributed by atoms with Crippen molar-refractivity contribution in [3.8, 4) is 0 Å². The second-order valence-corrected chi connectivity index (χ2v) is 6.75. The van der Waals surface area contributed by atoms with Gasteiger partial charge >= 0.3 is 0 Å². The topological polar surface area (TPSA) is 71.1 Å². The van der Waals surface area contributed by atoms with E-state index in [1.54, 1.807) is 18.6 Å². The number of benzene rings is 1. The molecule has 0 aliphatic rings. The number of rotatable bonds is 6. The van der Waals surface area contributed by atoms with E-state index in [1.165, 1.54) is 23.5 Å². The Kier molecular flexibility index (Phi) is 4.81. The smallest absolute Gasteiger partial charge is 0.241 e. The molecule has 0 fully saturated rings. The first-order valence-corrected chi connectivity index (χ1v) is 8.20. The van der Waals surface area contributed by atoms with E-state index in [9.17, 15) is 12.8 Å². The summed E-state index contributed by atoms with van der Waals surface area (Å²) in [6.07, 6.45) is 1.60. The van der Waals surface area contributed by atoms with Crippen LogP contribution in [0.5, 0.6) is 0 Å². The summed E-state index contributed by atoms with van der Waals surface area (Å²) in [6.45, 7) is 0.434. The lowest BCUT2D eigenvalue weighted by atomic mass is 10.2. The highest BCUT2D eigenvalue weighted by molar-refractivity contribution is 7.89. The minimum absolute atomic E-state index is 0.0524. The van der Waals surface area contributed by atoms with Gasteiger partial charge in [0.15, 0.2) is 0 Å². The molecule has 8 heteroatoms. The Labute approximate surface area is 120 Å². The number of aromatic nitrogens is 1. The molecular formula is C12H14FN3O2S2. The Morgan fingerprint density at radius 1 is 1.35 bits per heavy atom. The average Bonchev–Trinajstić information content (AvgIpc) is 2.92. The standard InChI is InChI=1S/C12H14FN3O2S2/c1-14-7-9-2-3-10(13)6-11(9)20(17,18)16-8-12-15-4-5-19-12/h2-6,14,16H,7-8H2,1H3. The number of thiazole rings is 1. The number of nitrogens with zero attached hydrogens (tertiary/aromatic N) is 1. The van der Waals surface area contributed by atoms with Gasteiger partial charge in [-0.15, -0.1) is 11.3 Å². The van der Waals surface area contributed by atoms with Gasteiger partial charge in [0.25, 0.3) is 0 Å². The fourth-order valence-electron chi connectivity index (χ4n) is 1.69. The molecule has 2 N–H and O–H groups in total. The van der Waals surface area contributed by atoms with Crippen LogP contribution in [0.15, 0.2) is 34.7 Å². The summed E-state index contributed by atoms with van der Waals surface area (Å²) in [7, 11) is -2.08. The molecule has 108 valence electrons. The SMILES string of the molecule is CNCc1ccc(F)cc1S(=O)(=O)NCc1nccs1. The monoisotopic (exact) mass is 315 g/mol. The molecule has 0 saturated carbocycles. The normalized spacial score (nSPS) is 11.7. The highest BCUT2D eigenvalue weighted by atomic mass is 32.2. The number of hydrogen-bond donors (Lipinski definition) is 2. The van der Waals surface area contributed by atoms with E-state index in [-0.39, 0.29) is 11.4 Å². The molecule has 0 amide bonds. The molecule has 0 aliphatic carbocycles. The van der Waals surface area contributed by atoms with Crippen molar-refractivity contribution in [2.24, 2.45) is 0 Å². The Morgan fingerprint density at radius 3 is 2.80 bits per heavy atom. The van der Waals surface area contributed by atoms with E-state index >= 15 is 0 Å². The van der Waals surface area contributed by atoms with Gasteiger partial charge in [-0.3, -0.25) is 0 Å². The van der Waals surface area contributed by atoms with Crippen LogP contribution in [0, 0.1) is 5.82 Å². The molecule has 0 bridgehead atoms. The van der Waals surface area contributed by atoms with Gasteiger partial charge in [-0.05, 0) is 24.7 Å². The summed E-state index contributed by atoms with van der Waals surface area (Å²) >= 11 is 1.35. The van der Waals surface area contributed by atoms with Crippen molar-refractivity contribution < 1.29 is 12.8 Å². The molecule has 0 spiro atoms. The summed E-state index contributed by atoms with van der Waals surface area (Å²) in [5, 5.41) is 5.28. The van der Waals surface area contributed by atoms with Crippen molar-refractivity contribution >= 4 is 21.4 Å². The molecule has 0 radical (unpaired) electrons. The Balaban J connectivity index is 2.26. The third kappa shape index (κ3) is 3.60. The first-order chi connectivity index (χ1) is 9.53. The fraction of sp³-hybridized carbons (Fsp3) is 0.250. The second-order valence-electron chi connectivity index (χ2n) is 4.03. The summed E-state index contributed by atoms with van der Waals surface area (Å²) in [5.41, 5.74) is 0.514. The van der Waals surface area contributed by atoms with Crippen molar-refractivity contribution in [3.05, 3.63) is 46.2 Å². The first kappa shape index (κ1) is 15.0. The molecule has 2 aromatic rings. The minimum Gasteiger partial charge on any atom is -0.316 e. The summed E-state index contributed by atoms with van der Waals surface area (Å²) in [4.78, 5) is 3.94. The van der Waals surface area contributed by atoms with E-state index in [0.29, 0.717) is 17.1 Å². The van der Waals surface area contributed by atoms with E-state index < -0.39 is 15.8 Å². The summed E-state index contributed by atoms with van der Waals surface area (Å²) in [6, 6.07) is 3.73. The molecule has 0 unspecified atom stereocenters. The predicted molar refractivity (Wildman–Crippen MR) is 75.3 cm³/mol. The second kappa shape index (κ2) is 6.40. The fourth-order valence-corrected chi connectivity index (χ4v) is 3.57. The van der Waals surface area contributed by atoms with Crippen LogP contribution in [0.2, 0.25) is 0 Å². The molecule has 0 saturated heterocycles. The number of halogens is 1. The van der Waals surface area contributed by atoms with Crippen molar-refractivity contribution in [3.63, 3.8) is 0 Å². The van der Waals surface area contributed by atoms with Crippen LogP contribution >= 0.6 is 11.3 Å². The third-order valence-corrected chi connectivity index (χ3v) is 4.85. The molecule has 1 aromatic carbocycles. The van der Waals surface area contributed by atoms with Gasteiger partial charge in [0.2, 0.25) is 10.0 Å². The number of hydrogen-bond acceptors (Lipinski definition) is 5. The van der Waals surface area contributed by atoms with E-state index in [4.69, 9.17) is 0 Å². The van der Waals surface area contributed by atoms with Crippen LogP contribution in [-0.2, 0) is 23.1 Å². The zero-order valence-electron chi connectivity index (χ0n) is 10.8. The Hall–Kier alpha value is -1.35. The maximum absolute atomic E-state index is 13.3.